The van der Waals surface area contributed by atoms with E-state index in [4.69, 9.17) is 9.05 Å². The average molecular weight is 281 g/mol. The highest BCUT2D eigenvalue weighted by Crippen LogP contribution is 2.19. The molecule has 7 heteroatoms. The van der Waals surface area contributed by atoms with Gasteiger partial charge in [-0.15, -0.1) is 11.8 Å². The minimum Gasteiger partial charge on any atom is -0.361 e. The van der Waals surface area contributed by atoms with Crippen molar-refractivity contribution < 1.29 is 13.8 Å². The van der Waals surface area contributed by atoms with Crippen LogP contribution in [-0.2, 0) is 10.5 Å². The number of anilines is 1. The molecule has 0 spiro atoms. The van der Waals surface area contributed by atoms with Gasteiger partial charge < -0.3 is 14.4 Å². The van der Waals surface area contributed by atoms with Gasteiger partial charge in [-0.3, -0.25) is 4.79 Å². The van der Waals surface area contributed by atoms with Crippen molar-refractivity contribution in [1.82, 2.24) is 10.3 Å². The second-order valence-electron chi connectivity index (χ2n) is 4.19. The van der Waals surface area contributed by atoms with Crippen LogP contribution in [0.1, 0.15) is 24.1 Å². The van der Waals surface area contributed by atoms with Gasteiger partial charge in [0.2, 0.25) is 5.91 Å². The lowest BCUT2D eigenvalue weighted by Crippen LogP contribution is -2.22. The first-order valence-corrected chi connectivity index (χ1v) is 6.87. The van der Waals surface area contributed by atoms with E-state index in [0.717, 1.165) is 11.5 Å². The lowest BCUT2D eigenvalue weighted by molar-refractivity contribution is -0.115. The van der Waals surface area contributed by atoms with E-state index in [1.165, 1.54) is 11.8 Å². The summed E-state index contributed by atoms with van der Waals surface area (Å²) in [5.74, 6) is 2.38. The molecule has 2 aromatic rings. The summed E-state index contributed by atoms with van der Waals surface area (Å²) < 4.78 is 9.85. The third kappa shape index (κ3) is 3.85. The summed E-state index contributed by atoms with van der Waals surface area (Å²) in [6.07, 6.45) is 0. The molecule has 0 aliphatic carbocycles. The maximum absolute atomic E-state index is 11.9. The summed E-state index contributed by atoms with van der Waals surface area (Å²) in [6, 6.07) is 3.54. The summed E-state index contributed by atoms with van der Waals surface area (Å²) in [6.45, 7) is 5.44. The minimum atomic E-state index is -0.214. The average Bonchev–Trinajstić information content (AvgIpc) is 2.95. The van der Waals surface area contributed by atoms with Gasteiger partial charge in [0.05, 0.1) is 10.9 Å². The molecule has 1 atom stereocenters. The quantitative estimate of drug-likeness (QED) is 0.907. The number of amides is 1. The molecule has 0 fully saturated rings. The largest absolute Gasteiger partial charge is 0.361 e. The van der Waals surface area contributed by atoms with Crippen LogP contribution in [0.15, 0.2) is 21.2 Å². The summed E-state index contributed by atoms with van der Waals surface area (Å²) in [5, 5.41) is 10.1. The fourth-order valence-electron chi connectivity index (χ4n) is 1.43. The second-order valence-corrected chi connectivity index (χ2v) is 5.52. The fraction of sp³-hybridized carbons (Fsp3) is 0.417. The number of carbonyl (C=O) groups excluding carboxylic acids is 1. The molecular formula is C12H15N3O3S. The van der Waals surface area contributed by atoms with Crippen molar-refractivity contribution >= 4 is 23.5 Å². The zero-order valence-corrected chi connectivity index (χ0v) is 11.8. The number of carbonyl (C=O) groups is 1. The highest BCUT2D eigenvalue weighted by atomic mass is 32.2. The molecule has 102 valence electrons. The molecule has 1 amide bonds. The molecule has 0 saturated carbocycles. The maximum atomic E-state index is 11.9. The molecule has 19 heavy (non-hydrogen) atoms. The number of hydrogen-bond acceptors (Lipinski definition) is 6. The fourth-order valence-corrected chi connectivity index (χ4v) is 2.19. The van der Waals surface area contributed by atoms with Gasteiger partial charge in [-0.05, 0) is 20.8 Å². The first kappa shape index (κ1) is 13.7. The molecule has 0 aliphatic heterocycles. The van der Waals surface area contributed by atoms with Crippen LogP contribution in [0.4, 0.5) is 5.82 Å². The summed E-state index contributed by atoms with van der Waals surface area (Å²) in [7, 11) is 0. The van der Waals surface area contributed by atoms with Gasteiger partial charge >= 0.3 is 0 Å². The third-order valence-corrected chi connectivity index (χ3v) is 3.58. The van der Waals surface area contributed by atoms with Crippen molar-refractivity contribution in [2.24, 2.45) is 0 Å². The van der Waals surface area contributed by atoms with Crippen LogP contribution >= 0.6 is 11.8 Å². The van der Waals surface area contributed by atoms with Crippen LogP contribution in [0, 0.1) is 13.8 Å². The highest BCUT2D eigenvalue weighted by molar-refractivity contribution is 7.99. The van der Waals surface area contributed by atoms with Gasteiger partial charge in [-0.2, -0.15) is 0 Å². The zero-order valence-electron chi connectivity index (χ0n) is 11.0. The van der Waals surface area contributed by atoms with Crippen LogP contribution in [0.3, 0.4) is 0 Å². The number of nitrogens with one attached hydrogen (secondary N) is 1. The van der Waals surface area contributed by atoms with Gasteiger partial charge in [0.25, 0.3) is 0 Å². The normalized spacial score (nSPS) is 12.4. The standard InChI is InChI=1S/C12H15N3O3S/c1-7-4-10(14-17-7)6-19-9(3)12(16)13-11-5-8(2)18-15-11/h4-5,9H,6H2,1-3H3,(H,13,15,16)/t9-/m0/s1. The Labute approximate surface area is 114 Å². The molecular weight excluding hydrogens is 266 g/mol. The zero-order chi connectivity index (χ0) is 13.8. The van der Waals surface area contributed by atoms with E-state index in [0.29, 0.717) is 17.3 Å². The van der Waals surface area contributed by atoms with Crippen molar-refractivity contribution in [2.75, 3.05) is 5.32 Å². The van der Waals surface area contributed by atoms with Crippen LogP contribution in [-0.4, -0.2) is 21.5 Å². The molecule has 0 bridgehead atoms. The van der Waals surface area contributed by atoms with Gasteiger partial charge in [0.1, 0.15) is 11.5 Å². The number of rotatable bonds is 5. The van der Waals surface area contributed by atoms with Gasteiger partial charge in [0, 0.05) is 17.9 Å². The van der Waals surface area contributed by atoms with E-state index in [1.807, 2.05) is 19.9 Å². The molecule has 1 N–H and O–H groups in total. The SMILES string of the molecule is Cc1cc(CS[C@@H](C)C(=O)Nc2cc(C)on2)no1. The Hall–Kier alpha value is -1.76. The van der Waals surface area contributed by atoms with Crippen molar-refractivity contribution in [3.05, 3.63) is 29.3 Å². The van der Waals surface area contributed by atoms with E-state index < -0.39 is 0 Å². The van der Waals surface area contributed by atoms with Crippen LogP contribution in [0.2, 0.25) is 0 Å². The number of aromatic nitrogens is 2. The lowest BCUT2D eigenvalue weighted by atomic mass is 10.4. The third-order valence-electron chi connectivity index (χ3n) is 2.41. The minimum absolute atomic E-state index is 0.112. The number of thioether (sulfide) groups is 1. The molecule has 2 rings (SSSR count). The first-order valence-electron chi connectivity index (χ1n) is 5.82. The molecule has 0 aliphatic rings. The summed E-state index contributed by atoms with van der Waals surface area (Å²) >= 11 is 1.48. The Bertz CT molecular complexity index is 564. The Morgan fingerprint density at radius 2 is 2.00 bits per heavy atom. The Morgan fingerprint density at radius 1 is 1.32 bits per heavy atom. The molecule has 2 heterocycles. The van der Waals surface area contributed by atoms with Gasteiger partial charge in [0.15, 0.2) is 5.82 Å². The Balaban J connectivity index is 1.82. The van der Waals surface area contributed by atoms with Crippen molar-refractivity contribution in [2.45, 2.75) is 31.8 Å². The molecule has 0 saturated heterocycles. The van der Waals surface area contributed by atoms with E-state index >= 15 is 0 Å². The maximum Gasteiger partial charge on any atom is 0.238 e. The van der Waals surface area contributed by atoms with E-state index in [2.05, 4.69) is 15.6 Å². The number of hydrogen-bond donors (Lipinski definition) is 1. The predicted octanol–water partition coefficient (Wildman–Crippen LogP) is 2.54. The monoisotopic (exact) mass is 281 g/mol. The molecule has 0 unspecified atom stereocenters. The van der Waals surface area contributed by atoms with Crippen LogP contribution in [0.5, 0.6) is 0 Å². The second kappa shape index (κ2) is 5.92. The summed E-state index contributed by atoms with van der Waals surface area (Å²) in [4.78, 5) is 11.9. The van der Waals surface area contributed by atoms with Crippen molar-refractivity contribution in [3.63, 3.8) is 0 Å². The van der Waals surface area contributed by atoms with E-state index in [-0.39, 0.29) is 11.2 Å². The molecule has 0 radical (unpaired) electrons. The van der Waals surface area contributed by atoms with E-state index in [9.17, 15) is 4.79 Å². The highest BCUT2D eigenvalue weighted by Gasteiger charge is 2.16. The van der Waals surface area contributed by atoms with Crippen LogP contribution in [0.25, 0.3) is 0 Å². The van der Waals surface area contributed by atoms with Crippen LogP contribution < -0.4 is 5.32 Å². The Kier molecular flexibility index (Phi) is 4.26. The van der Waals surface area contributed by atoms with Crippen molar-refractivity contribution in [1.29, 1.82) is 0 Å². The number of nitrogens with zero attached hydrogens (tertiary/aromatic N) is 2. The Morgan fingerprint density at radius 3 is 2.58 bits per heavy atom. The summed E-state index contributed by atoms with van der Waals surface area (Å²) in [5.41, 5.74) is 0.833. The molecule has 6 nitrogen and oxygen atoms in total. The smallest absolute Gasteiger partial charge is 0.238 e. The number of aryl methyl sites for hydroxylation is 2. The first-order chi connectivity index (χ1) is 9.04. The van der Waals surface area contributed by atoms with Crippen molar-refractivity contribution in [3.8, 4) is 0 Å². The molecule has 0 aromatic carbocycles. The lowest BCUT2D eigenvalue weighted by Gasteiger charge is -2.08. The van der Waals surface area contributed by atoms with Gasteiger partial charge in [-0.1, -0.05) is 10.3 Å². The molecule has 2 aromatic heterocycles. The topological polar surface area (TPSA) is 81.2 Å². The van der Waals surface area contributed by atoms with E-state index in [1.54, 1.807) is 13.0 Å². The van der Waals surface area contributed by atoms with Gasteiger partial charge in [-0.25, -0.2) is 0 Å². The predicted molar refractivity (Wildman–Crippen MR) is 71.9 cm³/mol.